The maximum atomic E-state index is 11.1. The number of aromatic nitrogens is 3. The normalized spacial score (nSPS) is 12.7. The van der Waals surface area contributed by atoms with Gasteiger partial charge in [0, 0.05) is 5.56 Å². The van der Waals surface area contributed by atoms with Crippen molar-refractivity contribution in [3.8, 4) is 11.4 Å². The molecular formula is C22H28ClN3O. The van der Waals surface area contributed by atoms with Crippen LogP contribution >= 0.6 is 11.6 Å². The van der Waals surface area contributed by atoms with E-state index >= 15 is 0 Å². The lowest BCUT2D eigenvalue weighted by atomic mass is 9.76. The Labute approximate surface area is 166 Å². The van der Waals surface area contributed by atoms with E-state index in [1.54, 1.807) is 6.07 Å². The molecule has 0 amide bonds. The van der Waals surface area contributed by atoms with Crippen molar-refractivity contribution in [2.24, 2.45) is 0 Å². The third-order valence-electron chi connectivity index (χ3n) is 5.95. The number of phenols is 1. The average molecular weight is 386 g/mol. The van der Waals surface area contributed by atoms with E-state index < -0.39 is 0 Å². The van der Waals surface area contributed by atoms with Crippen molar-refractivity contribution in [1.29, 1.82) is 0 Å². The summed E-state index contributed by atoms with van der Waals surface area (Å²) in [6.45, 7) is 13.1. The fraction of sp³-hybridized carbons (Fsp3) is 0.455. The standard InChI is InChI=1S/C22H28ClN3O/c1-7-21(3,4)14-12-15(22(5,6)8-2)20(27)18(13-14)26-24-17-11-9-10-16(23)19(17)25-26/h9-13,27H,7-8H2,1-6H3. The fourth-order valence-corrected chi connectivity index (χ4v) is 3.29. The summed E-state index contributed by atoms with van der Waals surface area (Å²) in [6.07, 6.45) is 1.90. The summed E-state index contributed by atoms with van der Waals surface area (Å²) in [5.74, 6) is 0.230. The van der Waals surface area contributed by atoms with Gasteiger partial charge >= 0.3 is 0 Å². The minimum Gasteiger partial charge on any atom is -0.505 e. The second-order valence-electron chi connectivity index (χ2n) is 8.46. The molecule has 2 aromatic carbocycles. The van der Waals surface area contributed by atoms with Gasteiger partial charge in [-0.1, -0.05) is 65.3 Å². The number of hydrogen-bond acceptors (Lipinski definition) is 3. The molecule has 4 nitrogen and oxygen atoms in total. The zero-order valence-corrected chi connectivity index (χ0v) is 17.7. The summed E-state index contributed by atoms with van der Waals surface area (Å²) < 4.78 is 0. The molecule has 3 rings (SSSR count). The van der Waals surface area contributed by atoms with E-state index in [1.165, 1.54) is 10.4 Å². The Hall–Kier alpha value is -2.07. The molecule has 5 heteroatoms. The predicted octanol–water partition coefficient (Wildman–Crippen LogP) is 6.15. The monoisotopic (exact) mass is 385 g/mol. The van der Waals surface area contributed by atoms with Gasteiger partial charge in [-0.2, -0.15) is 0 Å². The second kappa shape index (κ2) is 6.83. The Morgan fingerprint density at radius 2 is 1.67 bits per heavy atom. The van der Waals surface area contributed by atoms with Crippen molar-refractivity contribution in [2.45, 2.75) is 65.2 Å². The Morgan fingerprint density at radius 1 is 1.00 bits per heavy atom. The number of phenolic OH excluding ortho intramolecular Hbond substituents is 1. The molecule has 0 aliphatic rings. The van der Waals surface area contributed by atoms with Crippen LogP contribution in [0.5, 0.6) is 5.75 Å². The summed E-state index contributed by atoms with van der Waals surface area (Å²) in [5, 5.41) is 20.8. The molecule has 0 aliphatic heterocycles. The number of rotatable bonds is 5. The maximum Gasteiger partial charge on any atom is 0.146 e. The number of benzene rings is 2. The van der Waals surface area contributed by atoms with Crippen molar-refractivity contribution >= 4 is 22.6 Å². The molecule has 3 aromatic rings. The van der Waals surface area contributed by atoms with Gasteiger partial charge in [-0.15, -0.1) is 15.0 Å². The van der Waals surface area contributed by atoms with Crippen molar-refractivity contribution in [2.75, 3.05) is 0 Å². The molecule has 0 unspecified atom stereocenters. The Bertz CT molecular complexity index is 989. The molecule has 0 saturated heterocycles. The van der Waals surface area contributed by atoms with Gasteiger partial charge in [-0.25, -0.2) is 0 Å². The topological polar surface area (TPSA) is 50.9 Å². The number of aromatic hydroxyl groups is 1. The SMILES string of the molecule is CCC(C)(C)c1cc(-n2nc3cccc(Cl)c3n2)c(O)c(C(C)(C)CC)c1. The molecule has 0 atom stereocenters. The van der Waals surface area contributed by atoms with E-state index in [9.17, 15) is 5.11 Å². The van der Waals surface area contributed by atoms with E-state index in [0.29, 0.717) is 21.7 Å². The van der Waals surface area contributed by atoms with E-state index in [2.05, 4.69) is 57.8 Å². The number of halogens is 1. The van der Waals surface area contributed by atoms with E-state index in [0.717, 1.165) is 18.4 Å². The molecule has 0 aliphatic carbocycles. The van der Waals surface area contributed by atoms with Crippen LogP contribution in [0.25, 0.3) is 16.7 Å². The largest absolute Gasteiger partial charge is 0.505 e. The van der Waals surface area contributed by atoms with Crippen LogP contribution in [0.2, 0.25) is 5.02 Å². The van der Waals surface area contributed by atoms with E-state index in [-0.39, 0.29) is 16.6 Å². The quantitative estimate of drug-likeness (QED) is 0.572. The van der Waals surface area contributed by atoms with Crippen LogP contribution < -0.4 is 0 Å². The molecular weight excluding hydrogens is 358 g/mol. The molecule has 0 fully saturated rings. The molecule has 1 aromatic heterocycles. The number of hydrogen-bond donors (Lipinski definition) is 1. The minimum absolute atomic E-state index is 0.0226. The van der Waals surface area contributed by atoms with Gasteiger partial charge in [0.15, 0.2) is 0 Å². The van der Waals surface area contributed by atoms with Gasteiger partial charge in [-0.05, 0) is 47.4 Å². The Kier molecular flexibility index (Phi) is 4.98. The van der Waals surface area contributed by atoms with Crippen LogP contribution in [0.3, 0.4) is 0 Å². The second-order valence-corrected chi connectivity index (χ2v) is 8.87. The first-order valence-electron chi connectivity index (χ1n) is 9.50. The molecule has 0 spiro atoms. The first kappa shape index (κ1) is 19.7. The molecule has 0 radical (unpaired) electrons. The van der Waals surface area contributed by atoms with Gasteiger partial charge < -0.3 is 5.11 Å². The number of fused-ring (bicyclic) bond motifs is 1. The van der Waals surface area contributed by atoms with Gasteiger partial charge in [0.1, 0.15) is 22.5 Å². The Morgan fingerprint density at radius 3 is 2.26 bits per heavy atom. The lowest BCUT2D eigenvalue weighted by Gasteiger charge is -2.30. The summed E-state index contributed by atoms with van der Waals surface area (Å²) in [5.41, 5.74) is 3.84. The fourth-order valence-electron chi connectivity index (χ4n) is 3.08. The maximum absolute atomic E-state index is 11.1. The average Bonchev–Trinajstić information content (AvgIpc) is 3.07. The summed E-state index contributed by atoms with van der Waals surface area (Å²) in [7, 11) is 0. The van der Waals surface area contributed by atoms with Crippen molar-refractivity contribution in [3.63, 3.8) is 0 Å². The molecule has 27 heavy (non-hydrogen) atoms. The highest BCUT2D eigenvalue weighted by atomic mass is 35.5. The van der Waals surface area contributed by atoms with Crippen LogP contribution in [0.15, 0.2) is 30.3 Å². The van der Waals surface area contributed by atoms with Crippen molar-refractivity contribution in [3.05, 3.63) is 46.5 Å². The van der Waals surface area contributed by atoms with Crippen LogP contribution in [-0.2, 0) is 10.8 Å². The zero-order valence-electron chi connectivity index (χ0n) is 17.0. The van der Waals surface area contributed by atoms with E-state index in [1.807, 2.05) is 18.2 Å². The molecule has 1 heterocycles. The van der Waals surface area contributed by atoms with Gasteiger partial charge in [0.25, 0.3) is 0 Å². The molecule has 1 N–H and O–H groups in total. The third kappa shape index (κ3) is 3.43. The van der Waals surface area contributed by atoms with Crippen molar-refractivity contribution in [1.82, 2.24) is 15.0 Å². The highest BCUT2D eigenvalue weighted by Gasteiger charge is 2.29. The van der Waals surface area contributed by atoms with Crippen LogP contribution in [0.1, 0.15) is 65.5 Å². The smallest absolute Gasteiger partial charge is 0.146 e. The highest BCUT2D eigenvalue weighted by Crippen LogP contribution is 2.41. The Balaban J connectivity index is 2.31. The minimum atomic E-state index is -0.164. The first-order chi connectivity index (χ1) is 12.6. The van der Waals surface area contributed by atoms with E-state index in [4.69, 9.17) is 11.6 Å². The molecule has 0 saturated carbocycles. The number of nitrogens with zero attached hydrogens (tertiary/aromatic N) is 3. The molecule has 0 bridgehead atoms. The predicted molar refractivity (Wildman–Crippen MR) is 112 cm³/mol. The lowest BCUT2D eigenvalue weighted by Crippen LogP contribution is -2.21. The van der Waals surface area contributed by atoms with Gasteiger partial charge in [0.2, 0.25) is 0 Å². The highest BCUT2D eigenvalue weighted by molar-refractivity contribution is 6.34. The van der Waals surface area contributed by atoms with Crippen molar-refractivity contribution < 1.29 is 5.11 Å². The zero-order chi connectivity index (χ0) is 20.0. The van der Waals surface area contributed by atoms with Crippen LogP contribution in [-0.4, -0.2) is 20.1 Å². The van der Waals surface area contributed by atoms with Crippen LogP contribution in [0, 0.1) is 0 Å². The summed E-state index contributed by atoms with van der Waals surface area (Å²) in [4.78, 5) is 1.51. The summed E-state index contributed by atoms with van der Waals surface area (Å²) >= 11 is 6.27. The summed E-state index contributed by atoms with van der Waals surface area (Å²) in [6, 6.07) is 9.66. The van der Waals surface area contributed by atoms with Gasteiger partial charge in [0.05, 0.1) is 5.02 Å². The lowest BCUT2D eigenvalue weighted by molar-refractivity contribution is 0.420. The third-order valence-corrected chi connectivity index (χ3v) is 6.25. The van der Waals surface area contributed by atoms with Gasteiger partial charge in [-0.3, -0.25) is 0 Å². The van der Waals surface area contributed by atoms with Crippen LogP contribution in [0.4, 0.5) is 0 Å². The molecule has 144 valence electrons. The first-order valence-corrected chi connectivity index (χ1v) is 9.88.